The van der Waals surface area contributed by atoms with Gasteiger partial charge in [-0.15, -0.1) is 11.8 Å². The van der Waals surface area contributed by atoms with Crippen molar-refractivity contribution >= 4 is 50.5 Å². The van der Waals surface area contributed by atoms with Gasteiger partial charge in [-0.25, -0.2) is 4.79 Å². The van der Waals surface area contributed by atoms with E-state index in [-0.39, 0.29) is 5.75 Å². The monoisotopic (exact) mass is 444 g/mol. The van der Waals surface area contributed by atoms with Crippen molar-refractivity contribution in [3.63, 3.8) is 0 Å². The highest BCUT2D eigenvalue weighted by Crippen LogP contribution is 2.30. The van der Waals surface area contributed by atoms with Crippen molar-refractivity contribution in [3.8, 4) is 0 Å². The number of fused-ring (bicyclic) bond motifs is 1. The summed E-state index contributed by atoms with van der Waals surface area (Å²) in [7, 11) is 0. The summed E-state index contributed by atoms with van der Waals surface area (Å²) in [5.41, 5.74) is 2.14. The molecule has 0 aliphatic rings. The number of aliphatic carboxylic acids is 1. The van der Waals surface area contributed by atoms with Gasteiger partial charge in [0.05, 0.1) is 5.52 Å². The van der Waals surface area contributed by atoms with Crippen LogP contribution in [-0.4, -0.2) is 33.8 Å². The van der Waals surface area contributed by atoms with Crippen molar-refractivity contribution in [1.82, 2.24) is 10.3 Å². The third kappa shape index (κ3) is 4.87. The Morgan fingerprint density at radius 2 is 1.93 bits per heavy atom. The summed E-state index contributed by atoms with van der Waals surface area (Å²) in [6, 6.07) is 15.3. The molecule has 0 bridgehead atoms. The molecule has 3 aromatic rings. The molecule has 5 nitrogen and oxygen atoms in total. The number of carboxylic acid groups (broad SMARTS) is 1. The van der Waals surface area contributed by atoms with E-state index in [4.69, 9.17) is 0 Å². The average Bonchev–Trinajstić information content (AvgIpc) is 2.65. The highest BCUT2D eigenvalue weighted by molar-refractivity contribution is 9.10. The second-order valence-electron chi connectivity index (χ2n) is 5.96. The van der Waals surface area contributed by atoms with E-state index in [2.05, 4.69) is 26.2 Å². The molecular formula is C20H17BrN2O3S. The summed E-state index contributed by atoms with van der Waals surface area (Å²) in [5.74, 6) is -1.26. The molecule has 0 saturated heterocycles. The summed E-state index contributed by atoms with van der Waals surface area (Å²) in [5, 5.41) is 13.0. The van der Waals surface area contributed by atoms with E-state index < -0.39 is 17.9 Å². The first kappa shape index (κ1) is 19.4. The Morgan fingerprint density at radius 1 is 1.19 bits per heavy atom. The molecule has 3 rings (SSSR count). The van der Waals surface area contributed by atoms with Gasteiger partial charge in [0.25, 0.3) is 5.91 Å². The highest BCUT2D eigenvalue weighted by atomic mass is 79.9. The molecule has 27 heavy (non-hydrogen) atoms. The number of rotatable bonds is 6. The van der Waals surface area contributed by atoms with Crippen molar-refractivity contribution < 1.29 is 14.7 Å². The van der Waals surface area contributed by atoms with Gasteiger partial charge >= 0.3 is 5.97 Å². The van der Waals surface area contributed by atoms with Crippen molar-refractivity contribution in [1.29, 1.82) is 0 Å². The maximum absolute atomic E-state index is 12.3. The second kappa shape index (κ2) is 8.54. The maximum Gasteiger partial charge on any atom is 0.327 e. The molecule has 0 saturated carbocycles. The fraction of sp³-hybridized carbons (Fsp3) is 0.150. The number of nitrogens with one attached hydrogen (secondary N) is 1. The lowest BCUT2D eigenvalue weighted by molar-refractivity contribution is -0.138. The molecule has 2 aromatic carbocycles. The smallest absolute Gasteiger partial charge is 0.327 e. The minimum atomic E-state index is -1.07. The zero-order chi connectivity index (χ0) is 19.4. The van der Waals surface area contributed by atoms with E-state index in [1.54, 1.807) is 30.3 Å². The first-order valence-corrected chi connectivity index (χ1v) is 10.0. The SMILES string of the molecule is Cc1cc(SCC(NC(=O)c2ccccc2)C(=O)O)c2cc(Br)ccc2n1. The van der Waals surface area contributed by atoms with E-state index in [0.717, 1.165) is 26.0 Å². The Bertz CT molecular complexity index is 995. The lowest BCUT2D eigenvalue weighted by Crippen LogP contribution is -2.42. The third-order valence-electron chi connectivity index (χ3n) is 3.91. The van der Waals surface area contributed by atoms with Crippen LogP contribution in [0.1, 0.15) is 16.1 Å². The quantitative estimate of drug-likeness (QED) is 0.554. The molecule has 1 amide bonds. The largest absolute Gasteiger partial charge is 0.480 e. The van der Waals surface area contributed by atoms with Crippen LogP contribution in [0.25, 0.3) is 10.9 Å². The molecule has 0 aliphatic carbocycles. The van der Waals surface area contributed by atoms with E-state index in [1.165, 1.54) is 11.8 Å². The number of amides is 1. The van der Waals surface area contributed by atoms with E-state index in [9.17, 15) is 14.7 Å². The zero-order valence-corrected chi connectivity index (χ0v) is 16.9. The summed E-state index contributed by atoms with van der Waals surface area (Å²) < 4.78 is 0.926. The normalized spacial score (nSPS) is 11.9. The zero-order valence-electron chi connectivity index (χ0n) is 14.5. The fourth-order valence-electron chi connectivity index (χ4n) is 2.59. The lowest BCUT2D eigenvalue weighted by atomic mass is 10.2. The summed E-state index contributed by atoms with van der Waals surface area (Å²) in [6.45, 7) is 1.90. The minimum absolute atomic E-state index is 0.207. The van der Waals surface area contributed by atoms with Gasteiger partial charge in [0.15, 0.2) is 0 Å². The van der Waals surface area contributed by atoms with Crippen LogP contribution in [0.15, 0.2) is 64.0 Å². The molecular weight excluding hydrogens is 428 g/mol. The van der Waals surface area contributed by atoms with Crippen LogP contribution in [0, 0.1) is 6.92 Å². The topological polar surface area (TPSA) is 79.3 Å². The fourth-order valence-corrected chi connectivity index (χ4v) is 4.10. The molecule has 0 fully saturated rings. The molecule has 0 radical (unpaired) electrons. The Kier molecular flexibility index (Phi) is 6.13. The van der Waals surface area contributed by atoms with Crippen LogP contribution in [0.2, 0.25) is 0 Å². The number of carbonyl (C=O) groups is 2. The minimum Gasteiger partial charge on any atom is -0.480 e. The van der Waals surface area contributed by atoms with Gasteiger partial charge < -0.3 is 10.4 Å². The second-order valence-corrected chi connectivity index (χ2v) is 7.94. The number of hydrogen-bond donors (Lipinski definition) is 2. The number of halogens is 1. The molecule has 1 atom stereocenters. The number of thioether (sulfide) groups is 1. The Labute approximate surface area is 169 Å². The Morgan fingerprint density at radius 3 is 2.63 bits per heavy atom. The van der Waals surface area contributed by atoms with Gasteiger partial charge in [-0.05, 0) is 43.3 Å². The number of carboxylic acids is 1. The predicted octanol–water partition coefficient (Wildman–Crippen LogP) is 4.28. The van der Waals surface area contributed by atoms with E-state index in [1.807, 2.05) is 31.2 Å². The van der Waals surface area contributed by atoms with Crippen LogP contribution in [0.5, 0.6) is 0 Å². The number of carbonyl (C=O) groups excluding carboxylic acids is 1. The number of benzene rings is 2. The summed E-state index contributed by atoms with van der Waals surface area (Å²) in [6.07, 6.45) is 0. The standard InChI is InChI=1S/C20H17BrN2O3S/c1-12-9-18(15-10-14(21)7-8-16(15)22-12)27-11-17(20(25)26)23-19(24)13-5-3-2-4-6-13/h2-10,17H,11H2,1H3,(H,23,24)(H,25,26). The first-order chi connectivity index (χ1) is 12.9. The molecule has 1 unspecified atom stereocenters. The average molecular weight is 445 g/mol. The van der Waals surface area contributed by atoms with Crippen LogP contribution in [-0.2, 0) is 4.79 Å². The van der Waals surface area contributed by atoms with Gasteiger partial charge in [-0.2, -0.15) is 0 Å². The van der Waals surface area contributed by atoms with Gasteiger partial charge in [0.1, 0.15) is 6.04 Å². The van der Waals surface area contributed by atoms with Gasteiger partial charge in [0, 0.05) is 31.8 Å². The van der Waals surface area contributed by atoms with Gasteiger partial charge in [-0.1, -0.05) is 34.1 Å². The molecule has 7 heteroatoms. The predicted molar refractivity (Wildman–Crippen MR) is 110 cm³/mol. The molecule has 138 valence electrons. The number of hydrogen-bond acceptors (Lipinski definition) is 4. The van der Waals surface area contributed by atoms with Gasteiger partial charge in [0.2, 0.25) is 0 Å². The molecule has 0 spiro atoms. The van der Waals surface area contributed by atoms with Crippen LogP contribution >= 0.6 is 27.7 Å². The number of aromatic nitrogens is 1. The third-order valence-corrected chi connectivity index (χ3v) is 5.55. The van der Waals surface area contributed by atoms with E-state index in [0.29, 0.717) is 5.56 Å². The van der Waals surface area contributed by atoms with Crippen LogP contribution < -0.4 is 5.32 Å². The number of pyridine rings is 1. The van der Waals surface area contributed by atoms with Crippen molar-refractivity contribution in [2.45, 2.75) is 17.9 Å². The number of aryl methyl sites for hydroxylation is 1. The van der Waals surface area contributed by atoms with Crippen LogP contribution in [0.3, 0.4) is 0 Å². The molecule has 1 aromatic heterocycles. The maximum atomic E-state index is 12.3. The number of nitrogens with zero attached hydrogens (tertiary/aromatic N) is 1. The molecule has 1 heterocycles. The summed E-state index contributed by atoms with van der Waals surface area (Å²) >= 11 is 4.85. The lowest BCUT2D eigenvalue weighted by Gasteiger charge is -2.15. The van der Waals surface area contributed by atoms with Crippen molar-refractivity contribution in [2.75, 3.05) is 5.75 Å². The summed E-state index contributed by atoms with van der Waals surface area (Å²) in [4.78, 5) is 29.3. The van der Waals surface area contributed by atoms with Gasteiger partial charge in [-0.3, -0.25) is 9.78 Å². The first-order valence-electron chi connectivity index (χ1n) is 8.22. The van der Waals surface area contributed by atoms with Crippen LogP contribution in [0.4, 0.5) is 0 Å². The van der Waals surface area contributed by atoms with Crippen molar-refractivity contribution in [3.05, 3.63) is 70.3 Å². The highest BCUT2D eigenvalue weighted by Gasteiger charge is 2.21. The Hall–Kier alpha value is -2.38. The Balaban J connectivity index is 1.79. The molecule has 2 N–H and O–H groups in total. The van der Waals surface area contributed by atoms with E-state index >= 15 is 0 Å². The van der Waals surface area contributed by atoms with Crippen molar-refractivity contribution in [2.24, 2.45) is 0 Å². The molecule has 0 aliphatic heterocycles.